The number of nitrogens with zero attached hydrogens (tertiary/aromatic N) is 5. The molecule has 0 unspecified atom stereocenters. The molecule has 3 heterocycles. The number of para-hydroxylation sites is 1. The SMILES string of the molecule is Cn1c2ccccc2c2nnc(N/N=C\c3ccco3)nc21. The fourth-order valence-corrected chi connectivity index (χ4v) is 2.37. The zero-order valence-electron chi connectivity index (χ0n) is 11.8. The predicted molar refractivity (Wildman–Crippen MR) is 83.7 cm³/mol. The van der Waals surface area contributed by atoms with E-state index >= 15 is 0 Å². The number of rotatable bonds is 3. The summed E-state index contributed by atoms with van der Waals surface area (Å²) >= 11 is 0. The van der Waals surface area contributed by atoms with Gasteiger partial charge < -0.3 is 8.98 Å². The molecule has 7 nitrogen and oxygen atoms in total. The van der Waals surface area contributed by atoms with Crippen molar-refractivity contribution < 1.29 is 4.42 Å². The molecule has 4 rings (SSSR count). The first kappa shape index (κ1) is 12.5. The lowest BCUT2D eigenvalue weighted by molar-refractivity contribution is 0.560. The van der Waals surface area contributed by atoms with Crippen LogP contribution in [0, 0.1) is 0 Å². The molecule has 0 spiro atoms. The van der Waals surface area contributed by atoms with Crippen molar-refractivity contribution in [3.63, 3.8) is 0 Å². The average molecular weight is 292 g/mol. The van der Waals surface area contributed by atoms with E-state index in [1.165, 1.54) is 0 Å². The maximum absolute atomic E-state index is 5.15. The van der Waals surface area contributed by atoms with Crippen molar-refractivity contribution in [1.82, 2.24) is 19.7 Å². The van der Waals surface area contributed by atoms with E-state index < -0.39 is 0 Å². The molecule has 0 aliphatic carbocycles. The van der Waals surface area contributed by atoms with E-state index in [9.17, 15) is 0 Å². The zero-order chi connectivity index (χ0) is 14.9. The summed E-state index contributed by atoms with van der Waals surface area (Å²) < 4.78 is 7.14. The Balaban J connectivity index is 1.71. The van der Waals surface area contributed by atoms with Gasteiger partial charge in [0.1, 0.15) is 11.3 Å². The largest absolute Gasteiger partial charge is 0.463 e. The molecule has 0 saturated carbocycles. The maximum Gasteiger partial charge on any atom is 0.265 e. The quantitative estimate of drug-likeness (QED) is 0.463. The van der Waals surface area contributed by atoms with Crippen LogP contribution in [-0.4, -0.2) is 26.0 Å². The zero-order valence-corrected chi connectivity index (χ0v) is 11.8. The predicted octanol–water partition coefficient (Wildman–Crippen LogP) is 2.56. The number of nitrogens with one attached hydrogen (secondary N) is 1. The Labute approximate surface area is 125 Å². The van der Waals surface area contributed by atoms with Gasteiger partial charge in [0.05, 0.1) is 18.0 Å². The van der Waals surface area contributed by atoms with Gasteiger partial charge in [0.2, 0.25) is 0 Å². The summed E-state index contributed by atoms with van der Waals surface area (Å²) in [5, 5.41) is 13.4. The van der Waals surface area contributed by atoms with Gasteiger partial charge in [-0.2, -0.15) is 10.1 Å². The van der Waals surface area contributed by atoms with Crippen LogP contribution in [0.25, 0.3) is 22.1 Å². The van der Waals surface area contributed by atoms with Crippen molar-refractivity contribution in [3.8, 4) is 0 Å². The van der Waals surface area contributed by atoms with Crippen molar-refractivity contribution in [3.05, 3.63) is 48.4 Å². The van der Waals surface area contributed by atoms with Crippen LogP contribution in [0.15, 0.2) is 52.2 Å². The van der Waals surface area contributed by atoms with Crippen LogP contribution in [0.2, 0.25) is 0 Å². The van der Waals surface area contributed by atoms with Gasteiger partial charge in [0.25, 0.3) is 5.95 Å². The summed E-state index contributed by atoms with van der Waals surface area (Å²) in [5.74, 6) is 0.979. The van der Waals surface area contributed by atoms with Crippen molar-refractivity contribution in [2.45, 2.75) is 0 Å². The van der Waals surface area contributed by atoms with Gasteiger partial charge in [-0.25, -0.2) is 5.43 Å². The van der Waals surface area contributed by atoms with Crippen LogP contribution in [0.4, 0.5) is 5.95 Å². The molecule has 0 amide bonds. The first-order chi connectivity index (χ1) is 10.8. The van der Waals surface area contributed by atoms with Crippen LogP contribution in [-0.2, 0) is 7.05 Å². The third-order valence-corrected chi connectivity index (χ3v) is 3.41. The lowest BCUT2D eigenvalue weighted by Gasteiger charge is -1.98. The molecule has 1 N–H and O–H groups in total. The number of anilines is 1. The highest BCUT2D eigenvalue weighted by Crippen LogP contribution is 2.24. The average Bonchev–Trinajstić information content (AvgIpc) is 3.16. The number of furan rings is 1. The Bertz CT molecular complexity index is 970. The number of hydrazone groups is 1. The van der Waals surface area contributed by atoms with Gasteiger partial charge in [0, 0.05) is 12.4 Å². The van der Waals surface area contributed by atoms with E-state index in [1.54, 1.807) is 24.6 Å². The number of aryl methyl sites for hydroxylation is 1. The summed E-state index contributed by atoms with van der Waals surface area (Å²) in [4.78, 5) is 4.46. The molecule has 0 atom stereocenters. The Kier molecular flexibility index (Phi) is 2.82. The summed E-state index contributed by atoms with van der Waals surface area (Å²) in [6, 6.07) is 11.6. The number of hydrogen-bond donors (Lipinski definition) is 1. The van der Waals surface area contributed by atoms with Crippen LogP contribution in [0.1, 0.15) is 5.76 Å². The van der Waals surface area contributed by atoms with Crippen molar-refractivity contribution in [2.75, 3.05) is 5.43 Å². The number of benzene rings is 1. The van der Waals surface area contributed by atoms with Gasteiger partial charge in [-0.3, -0.25) is 0 Å². The molecule has 0 fully saturated rings. The molecule has 0 aliphatic heterocycles. The highest BCUT2D eigenvalue weighted by molar-refractivity contribution is 6.04. The lowest BCUT2D eigenvalue weighted by Crippen LogP contribution is -2.00. The Morgan fingerprint density at radius 3 is 2.95 bits per heavy atom. The van der Waals surface area contributed by atoms with E-state index in [0.29, 0.717) is 11.7 Å². The summed E-state index contributed by atoms with van der Waals surface area (Å²) in [6.45, 7) is 0. The molecule has 0 saturated heterocycles. The van der Waals surface area contributed by atoms with Gasteiger partial charge in [-0.15, -0.1) is 10.2 Å². The van der Waals surface area contributed by atoms with Crippen LogP contribution < -0.4 is 5.43 Å². The molecule has 0 bridgehead atoms. The van der Waals surface area contributed by atoms with Gasteiger partial charge >= 0.3 is 0 Å². The molecular weight excluding hydrogens is 280 g/mol. The lowest BCUT2D eigenvalue weighted by atomic mass is 10.2. The topological polar surface area (TPSA) is 81.1 Å². The number of hydrogen-bond acceptors (Lipinski definition) is 6. The fraction of sp³-hybridized carbons (Fsp3) is 0.0667. The minimum absolute atomic E-state index is 0.334. The maximum atomic E-state index is 5.15. The third-order valence-electron chi connectivity index (χ3n) is 3.41. The fourth-order valence-electron chi connectivity index (χ4n) is 2.37. The second kappa shape index (κ2) is 4.96. The van der Waals surface area contributed by atoms with Gasteiger partial charge in [-0.1, -0.05) is 18.2 Å². The van der Waals surface area contributed by atoms with Crippen LogP contribution in [0.5, 0.6) is 0 Å². The molecule has 22 heavy (non-hydrogen) atoms. The van der Waals surface area contributed by atoms with E-state index in [0.717, 1.165) is 22.1 Å². The first-order valence-electron chi connectivity index (χ1n) is 6.73. The van der Waals surface area contributed by atoms with E-state index in [2.05, 4.69) is 25.7 Å². The van der Waals surface area contributed by atoms with Gasteiger partial charge in [0.15, 0.2) is 5.65 Å². The van der Waals surface area contributed by atoms with Crippen molar-refractivity contribution >= 4 is 34.2 Å². The smallest absolute Gasteiger partial charge is 0.265 e. The molecule has 1 aromatic carbocycles. The Morgan fingerprint density at radius 2 is 2.09 bits per heavy atom. The first-order valence-corrected chi connectivity index (χ1v) is 6.73. The van der Waals surface area contributed by atoms with E-state index in [4.69, 9.17) is 4.42 Å². The third kappa shape index (κ3) is 1.99. The van der Waals surface area contributed by atoms with Crippen LogP contribution in [0.3, 0.4) is 0 Å². The molecule has 0 radical (unpaired) electrons. The standard InChI is InChI=1S/C15H12N6O/c1-21-12-7-3-2-6-11(12)13-14(21)17-15(20-18-13)19-16-9-10-5-4-8-22-10/h2-9H,1H3,(H,17,19,20)/b16-9-. The van der Waals surface area contributed by atoms with Gasteiger partial charge in [-0.05, 0) is 18.2 Å². The highest BCUT2D eigenvalue weighted by Gasteiger charge is 2.11. The van der Waals surface area contributed by atoms with Crippen molar-refractivity contribution in [2.24, 2.45) is 12.1 Å². The number of aromatic nitrogens is 4. The monoisotopic (exact) mass is 292 g/mol. The summed E-state index contributed by atoms with van der Waals surface area (Å²) in [6.07, 6.45) is 3.13. The summed E-state index contributed by atoms with van der Waals surface area (Å²) in [7, 11) is 1.95. The molecule has 7 heteroatoms. The highest BCUT2D eigenvalue weighted by atomic mass is 16.3. The minimum Gasteiger partial charge on any atom is -0.463 e. The molecule has 4 aromatic rings. The second-order valence-corrected chi connectivity index (χ2v) is 4.77. The number of fused-ring (bicyclic) bond motifs is 3. The Hall–Kier alpha value is -3.22. The second-order valence-electron chi connectivity index (χ2n) is 4.77. The molecule has 0 aliphatic rings. The molecular formula is C15H12N6O. The normalized spacial score (nSPS) is 11.7. The van der Waals surface area contributed by atoms with Crippen molar-refractivity contribution in [1.29, 1.82) is 0 Å². The Morgan fingerprint density at radius 1 is 1.18 bits per heavy atom. The molecule has 108 valence electrons. The van der Waals surface area contributed by atoms with Crippen LogP contribution >= 0.6 is 0 Å². The van der Waals surface area contributed by atoms with E-state index in [1.807, 2.05) is 35.9 Å². The minimum atomic E-state index is 0.334. The summed E-state index contributed by atoms with van der Waals surface area (Å²) in [5.41, 5.74) is 5.36. The van der Waals surface area contributed by atoms with E-state index in [-0.39, 0.29) is 0 Å². The molecule has 3 aromatic heterocycles.